The second-order valence-corrected chi connectivity index (χ2v) is 3.93. The van der Waals surface area contributed by atoms with Crippen molar-refractivity contribution in [3.05, 3.63) is 18.0 Å². The molecule has 0 aliphatic carbocycles. The van der Waals surface area contributed by atoms with Crippen LogP contribution in [0.3, 0.4) is 0 Å². The molecule has 3 nitrogen and oxygen atoms in total. The highest BCUT2D eigenvalue weighted by Crippen LogP contribution is 2.26. The summed E-state index contributed by atoms with van der Waals surface area (Å²) in [4.78, 5) is 0. The zero-order valence-corrected chi connectivity index (χ0v) is 9.24. The molecule has 1 aromatic rings. The first kappa shape index (κ1) is 10.8. The van der Waals surface area contributed by atoms with Crippen molar-refractivity contribution in [3.63, 3.8) is 0 Å². The smallest absolute Gasteiger partial charge is 0.228 e. The SMILES string of the molecule is Cc1c(OCC(C)C)c(O)cc[n+]1C. The van der Waals surface area contributed by atoms with Crippen molar-refractivity contribution in [3.8, 4) is 11.5 Å². The van der Waals surface area contributed by atoms with Crippen LogP contribution in [0.15, 0.2) is 12.3 Å². The van der Waals surface area contributed by atoms with Crippen molar-refractivity contribution in [1.29, 1.82) is 0 Å². The van der Waals surface area contributed by atoms with Gasteiger partial charge in [-0.05, 0) is 5.92 Å². The van der Waals surface area contributed by atoms with Crippen molar-refractivity contribution in [1.82, 2.24) is 0 Å². The summed E-state index contributed by atoms with van der Waals surface area (Å²) in [6, 6.07) is 1.64. The van der Waals surface area contributed by atoms with Gasteiger partial charge in [0, 0.05) is 13.0 Å². The van der Waals surface area contributed by atoms with E-state index in [0.29, 0.717) is 18.3 Å². The van der Waals surface area contributed by atoms with Crippen LogP contribution in [0.1, 0.15) is 19.5 Å². The van der Waals surface area contributed by atoms with Gasteiger partial charge in [0.25, 0.3) is 0 Å². The van der Waals surface area contributed by atoms with E-state index < -0.39 is 0 Å². The van der Waals surface area contributed by atoms with Gasteiger partial charge in [-0.15, -0.1) is 0 Å². The van der Waals surface area contributed by atoms with Gasteiger partial charge >= 0.3 is 0 Å². The highest BCUT2D eigenvalue weighted by molar-refractivity contribution is 5.38. The third-order valence-electron chi connectivity index (χ3n) is 2.11. The Morgan fingerprint density at radius 3 is 2.71 bits per heavy atom. The van der Waals surface area contributed by atoms with E-state index >= 15 is 0 Å². The van der Waals surface area contributed by atoms with Crippen LogP contribution in [-0.2, 0) is 7.05 Å². The molecule has 0 bridgehead atoms. The van der Waals surface area contributed by atoms with E-state index in [1.165, 1.54) is 0 Å². The Morgan fingerprint density at radius 2 is 2.14 bits per heavy atom. The lowest BCUT2D eigenvalue weighted by molar-refractivity contribution is -0.678. The summed E-state index contributed by atoms with van der Waals surface area (Å²) >= 11 is 0. The molecule has 0 spiro atoms. The van der Waals surface area contributed by atoms with E-state index in [9.17, 15) is 5.11 Å². The predicted molar refractivity (Wildman–Crippen MR) is 54.4 cm³/mol. The molecule has 3 heteroatoms. The fourth-order valence-corrected chi connectivity index (χ4v) is 1.14. The molecule has 1 heterocycles. The normalized spacial score (nSPS) is 10.6. The van der Waals surface area contributed by atoms with Crippen molar-refractivity contribution in [2.45, 2.75) is 20.8 Å². The van der Waals surface area contributed by atoms with E-state index in [2.05, 4.69) is 13.8 Å². The average Bonchev–Trinajstić information content (AvgIpc) is 2.11. The fourth-order valence-electron chi connectivity index (χ4n) is 1.14. The lowest BCUT2D eigenvalue weighted by atomic mass is 10.2. The third kappa shape index (κ3) is 2.37. The number of hydrogen-bond acceptors (Lipinski definition) is 2. The number of aromatic hydroxyl groups is 1. The molecular weight excluding hydrogens is 178 g/mol. The van der Waals surface area contributed by atoms with Crippen molar-refractivity contribution in [2.24, 2.45) is 13.0 Å². The molecule has 1 rings (SSSR count). The molecule has 0 saturated heterocycles. The standard InChI is InChI=1S/C11H17NO2/c1-8(2)7-14-11-9(3)12(4)6-5-10(11)13/h5-6,8H,7H2,1-4H3/p+1. The minimum atomic E-state index is 0.209. The minimum Gasteiger partial charge on any atom is -0.504 e. The second kappa shape index (κ2) is 4.31. The van der Waals surface area contributed by atoms with Gasteiger partial charge < -0.3 is 9.84 Å². The van der Waals surface area contributed by atoms with E-state index in [4.69, 9.17) is 4.74 Å². The van der Waals surface area contributed by atoms with Crippen molar-refractivity contribution in [2.75, 3.05) is 6.61 Å². The van der Waals surface area contributed by atoms with Gasteiger partial charge in [-0.25, -0.2) is 4.57 Å². The van der Waals surface area contributed by atoms with E-state index in [0.717, 1.165) is 5.69 Å². The van der Waals surface area contributed by atoms with Crippen LogP contribution in [0, 0.1) is 12.8 Å². The average molecular weight is 196 g/mol. The summed E-state index contributed by atoms with van der Waals surface area (Å²) in [6.07, 6.45) is 1.81. The van der Waals surface area contributed by atoms with E-state index in [1.54, 1.807) is 6.07 Å². The number of ether oxygens (including phenoxy) is 1. The molecule has 0 aliphatic rings. The van der Waals surface area contributed by atoms with Crippen molar-refractivity contribution < 1.29 is 14.4 Å². The Hall–Kier alpha value is -1.25. The Bertz CT molecular complexity index is 321. The van der Waals surface area contributed by atoms with Gasteiger partial charge in [0.2, 0.25) is 11.4 Å². The van der Waals surface area contributed by atoms with Crippen LogP contribution < -0.4 is 9.30 Å². The lowest BCUT2D eigenvalue weighted by Gasteiger charge is -2.10. The Morgan fingerprint density at radius 1 is 1.50 bits per heavy atom. The van der Waals surface area contributed by atoms with Gasteiger partial charge in [0.15, 0.2) is 11.9 Å². The third-order valence-corrected chi connectivity index (χ3v) is 2.11. The summed E-state index contributed by atoms with van der Waals surface area (Å²) in [6.45, 7) is 6.71. The molecule has 0 fully saturated rings. The maximum Gasteiger partial charge on any atom is 0.228 e. The van der Waals surface area contributed by atoms with E-state index in [-0.39, 0.29) is 5.75 Å². The van der Waals surface area contributed by atoms with Crippen molar-refractivity contribution >= 4 is 0 Å². The lowest BCUT2D eigenvalue weighted by Crippen LogP contribution is -2.31. The monoisotopic (exact) mass is 196 g/mol. The van der Waals surface area contributed by atoms with Crippen LogP contribution in [0.4, 0.5) is 0 Å². The Balaban J connectivity index is 2.89. The van der Waals surface area contributed by atoms with Gasteiger partial charge in [0.05, 0.1) is 6.61 Å². The molecule has 0 aliphatic heterocycles. The predicted octanol–water partition coefficient (Wildman–Crippen LogP) is 1.56. The molecule has 78 valence electrons. The molecule has 0 radical (unpaired) electrons. The Labute approximate surface area is 85.0 Å². The molecule has 1 N–H and O–H groups in total. The number of rotatable bonds is 3. The maximum absolute atomic E-state index is 9.59. The summed E-state index contributed by atoms with van der Waals surface area (Å²) in [7, 11) is 1.93. The number of pyridine rings is 1. The number of hydrogen-bond donors (Lipinski definition) is 1. The first-order valence-electron chi connectivity index (χ1n) is 4.83. The van der Waals surface area contributed by atoms with Gasteiger partial charge in [-0.1, -0.05) is 13.8 Å². The summed E-state index contributed by atoms with van der Waals surface area (Å²) in [5.74, 6) is 1.25. The van der Waals surface area contributed by atoms with Gasteiger partial charge in [-0.2, -0.15) is 0 Å². The van der Waals surface area contributed by atoms with Crippen LogP contribution in [-0.4, -0.2) is 11.7 Å². The number of nitrogens with zero attached hydrogens (tertiary/aromatic N) is 1. The van der Waals surface area contributed by atoms with E-state index in [1.807, 2.05) is 24.7 Å². The van der Waals surface area contributed by atoms with Crippen LogP contribution in [0.25, 0.3) is 0 Å². The quantitative estimate of drug-likeness (QED) is 0.744. The van der Waals surface area contributed by atoms with Crippen LogP contribution in [0.2, 0.25) is 0 Å². The molecule has 0 aromatic carbocycles. The molecule has 0 unspecified atom stereocenters. The number of aromatic nitrogens is 1. The highest BCUT2D eigenvalue weighted by atomic mass is 16.5. The van der Waals surface area contributed by atoms with Crippen LogP contribution >= 0.6 is 0 Å². The second-order valence-electron chi connectivity index (χ2n) is 3.93. The minimum absolute atomic E-state index is 0.209. The molecule has 1 aromatic heterocycles. The Kier molecular flexibility index (Phi) is 3.33. The first-order valence-corrected chi connectivity index (χ1v) is 4.83. The number of aryl methyl sites for hydroxylation is 1. The molecular formula is C11H18NO2+. The van der Waals surface area contributed by atoms with Gasteiger partial charge in [-0.3, -0.25) is 0 Å². The largest absolute Gasteiger partial charge is 0.504 e. The highest BCUT2D eigenvalue weighted by Gasteiger charge is 2.14. The zero-order valence-electron chi connectivity index (χ0n) is 9.24. The fraction of sp³-hybridized carbons (Fsp3) is 0.545. The molecule has 0 saturated carbocycles. The summed E-state index contributed by atoms with van der Waals surface area (Å²) < 4.78 is 7.46. The zero-order chi connectivity index (χ0) is 10.7. The topological polar surface area (TPSA) is 33.3 Å². The molecule has 0 amide bonds. The summed E-state index contributed by atoms with van der Waals surface area (Å²) in [5.41, 5.74) is 0.936. The maximum atomic E-state index is 9.59. The molecule has 0 atom stereocenters. The first-order chi connectivity index (χ1) is 6.52. The van der Waals surface area contributed by atoms with Crippen LogP contribution in [0.5, 0.6) is 11.5 Å². The molecule has 14 heavy (non-hydrogen) atoms. The van der Waals surface area contributed by atoms with Gasteiger partial charge in [0.1, 0.15) is 7.05 Å². The summed E-state index contributed by atoms with van der Waals surface area (Å²) in [5, 5.41) is 9.59.